The Balaban J connectivity index is 1.24. The minimum absolute atomic E-state index is 0.0367. The number of fused-ring (bicyclic) bond motifs is 1. The molecule has 2 aliphatic heterocycles. The lowest BCUT2D eigenvalue weighted by molar-refractivity contribution is -0.122. The molecule has 1 aromatic heterocycles. The first-order chi connectivity index (χ1) is 14.0. The number of furan rings is 1. The first-order valence-corrected chi connectivity index (χ1v) is 9.62. The van der Waals surface area contributed by atoms with Gasteiger partial charge in [0.15, 0.2) is 5.76 Å². The molecular formula is C21H21N3O5. The van der Waals surface area contributed by atoms with Crippen molar-refractivity contribution in [1.82, 2.24) is 15.1 Å². The normalized spacial score (nSPS) is 16.8. The molecule has 150 valence electrons. The molecule has 2 aliphatic rings. The smallest absolute Gasteiger partial charge is 0.289 e. The van der Waals surface area contributed by atoms with Crippen molar-refractivity contribution < 1.29 is 23.6 Å². The Morgan fingerprint density at radius 3 is 2.24 bits per heavy atom. The van der Waals surface area contributed by atoms with E-state index in [1.165, 1.54) is 6.26 Å². The van der Waals surface area contributed by atoms with Crippen LogP contribution in [0.4, 0.5) is 0 Å². The Bertz CT molecular complexity index is 910. The number of piperidine rings is 1. The van der Waals surface area contributed by atoms with E-state index in [-0.39, 0.29) is 42.6 Å². The monoisotopic (exact) mass is 395 g/mol. The third kappa shape index (κ3) is 3.78. The maximum absolute atomic E-state index is 12.3. The van der Waals surface area contributed by atoms with Gasteiger partial charge < -0.3 is 14.6 Å². The number of nitrogens with one attached hydrogen (secondary N) is 1. The van der Waals surface area contributed by atoms with Crippen LogP contribution in [0.2, 0.25) is 0 Å². The number of likely N-dealkylation sites (tertiary alicyclic amines) is 1. The molecule has 1 fully saturated rings. The summed E-state index contributed by atoms with van der Waals surface area (Å²) in [5.41, 5.74) is 0.762. The Morgan fingerprint density at radius 2 is 1.66 bits per heavy atom. The van der Waals surface area contributed by atoms with E-state index in [1.807, 2.05) is 0 Å². The molecule has 0 radical (unpaired) electrons. The molecule has 8 heteroatoms. The van der Waals surface area contributed by atoms with Crippen LogP contribution in [0, 0.1) is 0 Å². The minimum Gasteiger partial charge on any atom is -0.459 e. The molecule has 0 bridgehead atoms. The number of nitrogens with zero attached hydrogens (tertiary/aromatic N) is 2. The van der Waals surface area contributed by atoms with E-state index in [2.05, 4.69) is 5.32 Å². The molecule has 0 aliphatic carbocycles. The Hall–Kier alpha value is -3.42. The van der Waals surface area contributed by atoms with Crippen molar-refractivity contribution in [3.05, 3.63) is 59.5 Å². The quantitative estimate of drug-likeness (QED) is 0.777. The van der Waals surface area contributed by atoms with Gasteiger partial charge in [0.25, 0.3) is 17.7 Å². The maximum atomic E-state index is 12.3. The van der Waals surface area contributed by atoms with Crippen LogP contribution in [0.1, 0.15) is 50.5 Å². The predicted molar refractivity (Wildman–Crippen MR) is 102 cm³/mol. The molecule has 4 amide bonds. The zero-order valence-electron chi connectivity index (χ0n) is 15.8. The lowest BCUT2D eigenvalue weighted by Gasteiger charge is -2.32. The first-order valence-electron chi connectivity index (χ1n) is 9.62. The zero-order valence-corrected chi connectivity index (χ0v) is 15.8. The van der Waals surface area contributed by atoms with Gasteiger partial charge in [0.2, 0.25) is 5.91 Å². The Morgan fingerprint density at radius 1 is 1.00 bits per heavy atom. The summed E-state index contributed by atoms with van der Waals surface area (Å²) in [5, 5.41) is 2.94. The summed E-state index contributed by atoms with van der Waals surface area (Å²) < 4.78 is 5.14. The van der Waals surface area contributed by atoms with E-state index >= 15 is 0 Å². The molecule has 2 aromatic rings. The van der Waals surface area contributed by atoms with E-state index in [4.69, 9.17) is 4.42 Å². The molecule has 8 nitrogen and oxygen atoms in total. The predicted octanol–water partition coefficient (Wildman–Crippen LogP) is 1.69. The fraction of sp³-hybridized carbons (Fsp3) is 0.333. The van der Waals surface area contributed by atoms with Crippen LogP contribution < -0.4 is 5.32 Å². The van der Waals surface area contributed by atoms with Crippen molar-refractivity contribution in [2.45, 2.75) is 25.3 Å². The highest BCUT2D eigenvalue weighted by atomic mass is 16.3. The van der Waals surface area contributed by atoms with E-state index < -0.39 is 0 Å². The van der Waals surface area contributed by atoms with Crippen LogP contribution in [0.5, 0.6) is 0 Å². The molecule has 3 heterocycles. The van der Waals surface area contributed by atoms with Crippen LogP contribution in [0.15, 0.2) is 47.1 Å². The fourth-order valence-corrected chi connectivity index (χ4v) is 3.74. The molecule has 4 rings (SSSR count). The SMILES string of the molecule is O=C(CCN1C(=O)c2ccccc2C1=O)NC1CCN(C(=O)c2ccco2)CC1. The summed E-state index contributed by atoms with van der Waals surface area (Å²) in [6.07, 6.45) is 2.81. The van der Waals surface area contributed by atoms with Crippen LogP contribution in [0.25, 0.3) is 0 Å². The summed E-state index contributed by atoms with van der Waals surface area (Å²) in [6.45, 7) is 1.11. The summed E-state index contributed by atoms with van der Waals surface area (Å²) in [6, 6.07) is 9.93. The average molecular weight is 395 g/mol. The van der Waals surface area contributed by atoms with E-state index in [9.17, 15) is 19.2 Å². The van der Waals surface area contributed by atoms with Crippen molar-refractivity contribution in [2.24, 2.45) is 0 Å². The molecule has 0 spiro atoms. The second kappa shape index (κ2) is 7.90. The van der Waals surface area contributed by atoms with Gasteiger partial charge in [0.05, 0.1) is 17.4 Å². The van der Waals surface area contributed by atoms with Gasteiger partial charge in [-0.05, 0) is 37.1 Å². The Labute approximate surface area is 167 Å². The number of benzene rings is 1. The molecule has 0 atom stereocenters. The third-order valence-corrected chi connectivity index (χ3v) is 5.32. The van der Waals surface area contributed by atoms with Crippen LogP contribution in [-0.2, 0) is 4.79 Å². The van der Waals surface area contributed by atoms with Gasteiger partial charge >= 0.3 is 0 Å². The van der Waals surface area contributed by atoms with E-state index in [0.29, 0.717) is 42.8 Å². The van der Waals surface area contributed by atoms with Crippen LogP contribution in [-0.4, -0.2) is 59.1 Å². The molecule has 1 aromatic carbocycles. The standard InChI is InChI=1S/C21H21N3O5/c25-18(9-12-24-19(26)15-4-1-2-5-16(15)20(24)27)22-14-7-10-23(11-8-14)21(28)17-6-3-13-29-17/h1-6,13-14H,7-12H2,(H,22,25). The molecule has 0 saturated carbocycles. The highest BCUT2D eigenvalue weighted by Gasteiger charge is 2.35. The first kappa shape index (κ1) is 18.9. The fourth-order valence-electron chi connectivity index (χ4n) is 3.74. The number of hydrogen-bond acceptors (Lipinski definition) is 5. The second-order valence-electron chi connectivity index (χ2n) is 7.17. The Kier molecular flexibility index (Phi) is 5.16. The highest BCUT2D eigenvalue weighted by molar-refractivity contribution is 6.21. The topological polar surface area (TPSA) is 99.9 Å². The molecule has 0 unspecified atom stereocenters. The number of hydrogen-bond donors (Lipinski definition) is 1. The van der Waals surface area contributed by atoms with Crippen LogP contribution >= 0.6 is 0 Å². The molecular weight excluding hydrogens is 374 g/mol. The van der Waals surface area contributed by atoms with Gasteiger partial charge in [0.1, 0.15) is 0 Å². The minimum atomic E-state index is -0.358. The van der Waals surface area contributed by atoms with Gasteiger partial charge in [-0.1, -0.05) is 12.1 Å². The highest BCUT2D eigenvalue weighted by Crippen LogP contribution is 2.22. The van der Waals surface area contributed by atoms with Crippen molar-refractivity contribution in [1.29, 1.82) is 0 Å². The lowest BCUT2D eigenvalue weighted by atomic mass is 10.0. The summed E-state index contributed by atoms with van der Waals surface area (Å²) in [5.74, 6) is -0.762. The summed E-state index contributed by atoms with van der Waals surface area (Å²) in [4.78, 5) is 52.1. The van der Waals surface area contributed by atoms with Gasteiger partial charge in [0, 0.05) is 32.1 Å². The van der Waals surface area contributed by atoms with Crippen molar-refractivity contribution in [3.63, 3.8) is 0 Å². The zero-order chi connectivity index (χ0) is 20.4. The third-order valence-electron chi connectivity index (χ3n) is 5.32. The lowest BCUT2D eigenvalue weighted by Crippen LogP contribution is -2.47. The molecule has 29 heavy (non-hydrogen) atoms. The average Bonchev–Trinajstić information content (AvgIpc) is 3.35. The van der Waals surface area contributed by atoms with E-state index in [0.717, 1.165) is 4.90 Å². The number of amides is 4. The van der Waals surface area contributed by atoms with Gasteiger partial charge in [-0.25, -0.2) is 0 Å². The number of carbonyl (C=O) groups is 4. The van der Waals surface area contributed by atoms with Crippen molar-refractivity contribution in [2.75, 3.05) is 19.6 Å². The summed E-state index contributed by atoms with van der Waals surface area (Å²) in [7, 11) is 0. The second-order valence-corrected chi connectivity index (χ2v) is 7.17. The van der Waals surface area contributed by atoms with Crippen molar-refractivity contribution >= 4 is 23.6 Å². The number of imide groups is 1. The number of carbonyl (C=O) groups excluding carboxylic acids is 4. The van der Waals surface area contributed by atoms with Crippen LogP contribution in [0.3, 0.4) is 0 Å². The van der Waals surface area contributed by atoms with E-state index in [1.54, 1.807) is 41.3 Å². The molecule has 1 N–H and O–H groups in total. The summed E-state index contributed by atoms with van der Waals surface area (Å²) >= 11 is 0. The van der Waals surface area contributed by atoms with Gasteiger partial charge in [-0.2, -0.15) is 0 Å². The molecule has 1 saturated heterocycles. The van der Waals surface area contributed by atoms with Crippen molar-refractivity contribution in [3.8, 4) is 0 Å². The van der Waals surface area contributed by atoms with Gasteiger partial charge in [-0.15, -0.1) is 0 Å². The number of rotatable bonds is 5. The van der Waals surface area contributed by atoms with Gasteiger partial charge in [-0.3, -0.25) is 24.1 Å². The maximum Gasteiger partial charge on any atom is 0.289 e. The largest absolute Gasteiger partial charge is 0.459 e.